The smallest absolute Gasteiger partial charge is 0.225 e. The fourth-order valence-corrected chi connectivity index (χ4v) is 6.68. The molecule has 9 heteroatoms. The summed E-state index contributed by atoms with van der Waals surface area (Å²) >= 11 is 1.12. The fraction of sp³-hybridized carbons (Fsp3) is 0.370. The lowest BCUT2D eigenvalue weighted by Crippen LogP contribution is -2.21. The Morgan fingerprint density at radius 3 is 2.69 bits per heavy atom. The molecule has 5 rings (SSSR count). The van der Waals surface area contributed by atoms with Crippen molar-refractivity contribution in [2.45, 2.75) is 53.2 Å². The zero-order valence-electron chi connectivity index (χ0n) is 20.7. The normalized spacial score (nSPS) is 16.4. The zero-order chi connectivity index (χ0) is 25.6. The summed E-state index contributed by atoms with van der Waals surface area (Å²) in [5.74, 6) is 0.339. The van der Waals surface area contributed by atoms with Crippen molar-refractivity contribution in [3.8, 4) is 6.07 Å². The van der Waals surface area contributed by atoms with Crippen molar-refractivity contribution in [1.82, 2.24) is 9.97 Å². The SMILES string of the molecule is C/C=C(/F)c1sc(N)c(C#N)c1C(=C(C)CC)c1c2c(c3cnc(N4CCCC4)nc3c1P)COC2. The minimum Gasteiger partial charge on any atom is -0.389 e. The molecular weight excluding hydrogens is 492 g/mol. The Bertz CT molecular complexity index is 1480. The Balaban J connectivity index is 1.87. The Hall–Kier alpha value is -2.85. The Kier molecular flexibility index (Phi) is 6.82. The zero-order valence-corrected chi connectivity index (χ0v) is 22.7. The summed E-state index contributed by atoms with van der Waals surface area (Å²) in [7, 11) is 2.87. The molecule has 1 fully saturated rings. The van der Waals surface area contributed by atoms with Crippen LogP contribution in [0.4, 0.5) is 15.3 Å². The molecule has 186 valence electrons. The molecule has 0 aliphatic carbocycles. The van der Waals surface area contributed by atoms with Gasteiger partial charge in [-0.25, -0.2) is 14.4 Å². The van der Waals surface area contributed by atoms with Crippen molar-refractivity contribution >= 4 is 59.1 Å². The molecule has 0 bridgehead atoms. The molecule has 4 heterocycles. The summed E-state index contributed by atoms with van der Waals surface area (Å²) in [4.78, 5) is 12.3. The van der Waals surface area contributed by atoms with E-state index in [4.69, 9.17) is 20.4 Å². The Labute approximate surface area is 216 Å². The topological polar surface area (TPSA) is 88.1 Å². The third-order valence-corrected chi connectivity index (χ3v) is 8.74. The molecule has 6 nitrogen and oxygen atoms in total. The summed E-state index contributed by atoms with van der Waals surface area (Å²) in [5, 5.41) is 12.3. The van der Waals surface area contributed by atoms with Crippen LogP contribution in [0.1, 0.15) is 72.7 Å². The number of anilines is 2. The summed E-state index contributed by atoms with van der Waals surface area (Å²) in [6, 6.07) is 2.25. The number of nitrogens with zero attached hydrogens (tertiary/aromatic N) is 4. The maximum Gasteiger partial charge on any atom is 0.225 e. The van der Waals surface area contributed by atoms with Gasteiger partial charge in [0.25, 0.3) is 0 Å². The predicted molar refractivity (Wildman–Crippen MR) is 149 cm³/mol. The molecule has 2 aromatic heterocycles. The molecule has 2 N–H and O–H groups in total. The number of nitrogen functional groups attached to an aromatic ring is 1. The molecule has 1 saturated heterocycles. The van der Waals surface area contributed by atoms with Gasteiger partial charge in [-0.1, -0.05) is 18.6 Å². The minimum absolute atomic E-state index is 0.312. The number of allylic oxidation sites excluding steroid dienone is 2. The lowest BCUT2D eigenvalue weighted by atomic mass is 9.85. The molecule has 2 aliphatic rings. The first-order valence-electron chi connectivity index (χ1n) is 12.2. The monoisotopic (exact) mass is 521 g/mol. The van der Waals surface area contributed by atoms with E-state index in [2.05, 4.69) is 27.1 Å². The number of fused-ring (bicyclic) bond motifs is 3. The molecule has 1 unspecified atom stereocenters. The van der Waals surface area contributed by atoms with Crippen molar-refractivity contribution in [2.75, 3.05) is 23.7 Å². The van der Waals surface area contributed by atoms with Gasteiger partial charge in [0.2, 0.25) is 5.95 Å². The number of ether oxygens (including phenoxy) is 1. The summed E-state index contributed by atoms with van der Waals surface area (Å²) in [6.45, 7) is 8.54. The van der Waals surface area contributed by atoms with Crippen LogP contribution in [0.2, 0.25) is 0 Å². The molecule has 1 atom stereocenters. The first-order chi connectivity index (χ1) is 17.4. The average Bonchev–Trinajstić information content (AvgIpc) is 3.65. The number of hydrogen-bond donors (Lipinski definition) is 1. The number of nitriles is 1. The second-order valence-corrected chi connectivity index (χ2v) is 10.8. The second-order valence-electron chi connectivity index (χ2n) is 9.17. The number of benzene rings is 1. The predicted octanol–water partition coefficient (Wildman–Crippen LogP) is 5.84. The van der Waals surface area contributed by atoms with Crippen molar-refractivity contribution in [3.63, 3.8) is 0 Å². The van der Waals surface area contributed by atoms with Gasteiger partial charge in [0.05, 0.1) is 29.2 Å². The van der Waals surface area contributed by atoms with Crippen LogP contribution >= 0.6 is 20.6 Å². The highest BCUT2D eigenvalue weighted by Gasteiger charge is 2.31. The van der Waals surface area contributed by atoms with Gasteiger partial charge in [0, 0.05) is 35.5 Å². The van der Waals surface area contributed by atoms with Crippen molar-refractivity contribution in [2.24, 2.45) is 0 Å². The molecule has 36 heavy (non-hydrogen) atoms. The molecule has 0 spiro atoms. The summed E-state index contributed by atoms with van der Waals surface area (Å²) in [6.07, 6.45) is 6.33. The number of rotatable bonds is 5. The third-order valence-electron chi connectivity index (χ3n) is 7.15. The highest BCUT2D eigenvalue weighted by atomic mass is 32.1. The first-order valence-corrected chi connectivity index (χ1v) is 13.6. The van der Waals surface area contributed by atoms with Gasteiger partial charge in [0.15, 0.2) is 0 Å². The van der Waals surface area contributed by atoms with Crippen LogP contribution in [0.3, 0.4) is 0 Å². The van der Waals surface area contributed by atoms with E-state index in [0.29, 0.717) is 34.2 Å². The molecule has 2 aliphatic heterocycles. The number of nitrogens with two attached hydrogens (primary N) is 1. The van der Waals surface area contributed by atoms with Crippen molar-refractivity contribution in [3.05, 3.63) is 50.5 Å². The summed E-state index contributed by atoms with van der Waals surface area (Å²) in [5.41, 5.74) is 12.9. The van der Waals surface area contributed by atoms with Gasteiger partial charge < -0.3 is 15.4 Å². The highest BCUT2D eigenvalue weighted by molar-refractivity contribution is 7.28. The van der Waals surface area contributed by atoms with Gasteiger partial charge >= 0.3 is 0 Å². The van der Waals surface area contributed by atoms with Crippen LogP contribution in [0.5, 0.6) is 0 Å². The molecule has 0 saturated carbocycles. The Morgan fingerprint density at radius 2 is 2.03 bits per heavy atom. The van der Waals surface area contributed by atoms with Gasteiger partial charge in [0.1, 0.15) is 16.9 Å². The maximum absolute atomic E-state index is 15.2. The van der Waals surface area contributed by atoms with Gasteiger partial charge in [-0.15, -0.1) is 20.6 Å². The van der Waals surface area contributed by atoms with E-state index in [-0.39, 0.29) is 5.83 Å². The molecule has 0 radical (unpaired) electrons. The van der Waals surface area contributed by atoms with E-state index >= 15 is 4.39 Å². The molecule has 1 aromatic carbocycles. The maximum atomic E-state index is 15.2. The van der Waals surface area contributed by atoms with Crippen LogP contribution in [0, 0.1) is 11.3 Å². The van der Waals surface area contributed by atoms with Crippen molar-refractivity contribution in [1.29, 1.82) is 5.26 Å². The fourth-order valence-electron chi connectivity index (χ4n) is 5.15. The third kappa shape index (κ3) is 3.91. The average molecular weight is 522 g/mol. The number of halogens is 1. The number of aromatic nitrogens is 2. The molecule has 0 amide bonds. The molecule has 3 aromatic rings. The lowest BCUT2D eigenvalue weighted by molar-refractivity contribution is 0.135. The van der Waals surface area contributed by atoms with Gasteiger partial charge in [-0.2, -0.15) is 5.26 Å². The Morgan fingerprint density at radius 1 is 1.31 bits per heavy atom. The van der Waals surface area contributed by atoms with Crippen LogP contribution in [-0.4, -0.2) is 23.1 Å². The van der Waals surface area contributed by atoms with E-state index in [9.17, 15) is 5.26 Å². The lowest BCUT2D eigenvalue weighted by Gasteiger charge is -2.22. The van der Waals surface area contributed by atoms with E-state index in [1.54, 1.807) is 6.92 Å². The number of hydrogen-bond acceptors (Lipinski definition) is 7. The standard InChI is InChI=1S/C27H29FN5OPS/c1-4-14(3)20(22-15(10-29)26(30)36-25(22)19(28)5-2)21-18-13-34-12-17(18)16-11-31-27(32-23(16)24(21)35)33-8-6-7-9-33/h5,11H,4,6-9,12-13,30,35H2,1-3H3/b19-5+,20-14?. The number of thiophene rings is 1. The first kappa shape index (κ1) is 24.8. The van der Waals surface area contributed by atoms with Crippen LogP contribution in [0.25, 0.3) is 22.3 Å². The van der Waals surface area contributed by atoms with Crippen molar-refractivity contribution < 1.29 is 9.13 Å². The highest BCUT2D eigenvalue weighted by Crippen LogP contribution is 2.46. The van der Waals surface area contributed by atoms with Crippen LogP contribution in [-0.2, 0) is 18.0 Å². The molecular formula is C27H29FN5OPS. The van der Waals surface area contributed by atoms with E-state index in [1.807, 2.05) is 13.1 Å². The second kappa shape index (κ2) is 9.89. The van der Waals surface area contributed by atoms with Crippen LogP contribution < -0.4 is 15.9 Å². The van der Waals surface area contributed by atoms with E-state index < -0.39 is 0 Å². The van der Waals surface area contributed by atoms with Gasteiger partial charge in [-0.3, -0.25) is 0 Å². The largest absolute Gasteiger partial charge is 0.389 e. The summed E-state index contributed by atoms with van der Waals surface area (Å²) < 4.78 is 21.1. The van der Waals surface area contributed by atoms with E-state index in [1.165, 1.54) is 6.08 Å². The quantitative estimate of drug-likeness (QED) is 0.425. The minimum atomic E-state index is -0.387. The van der Waals surface area contributed by atoms with Crippen LogP contribution in [0.15, 0.2) is 17.8 Å². The van der Waals surface area contributed by atoms with Gasteiger partial charge in [-0.05, 0) is 55.4 Å². The van der Waals surface area contributed by atoms with E-state index in [0.717, 1.165) is 93.7 Å².